The van der Waals surface area contributed by atoms with Gasteiger partial charge in [-0.15, -0.1) is 11.8 Å². The lowest BCUT2D eigenvalue weighted by atomic mass is 9.90. The monoisotopic (exact) mass is 301 g/mol. The van der Waals surface area contributed by atoms with Gasteiger partial charge in [-0.3, -0.25) is 4.79 Å². The fourth-order valence-electron chi connectivity index (χ4n) is 2.18. The minimum atomic E-state index is -1.70. The summed E-state index contributed by atoms with van der Waals surface area (Å²) in [7, 11) is 0. The first-order chi connectivity index (χ1) is 9.94. The third-order valence-electron chi connectivity index (χ3n) is 3.51. The molecule has 0 radical (unpaired) electrons. The largest absolute Gasteiger partial charge is 0.374 e. The van der Waals surface area contributed by atoms with Gasteiger partial charge in [0.25, 0.3) is 5.91 Å². The van der Waals surface area contributed by atoms with E-state index in [1.165, 1.54) is 17.3 Å². The number of benzene rings is 2. The number of hydrogen-bond donors (Lipinski definition) is 2. The summed E-state index contributed by atoms with van der Waals surface area (Å²) in [6.45, 7) is 3.82. The van der Waals surface area contributed by atoms with E-state index in [0.717, 1.165) is 4.90 Å². The minimum Gasteiger partial charge on any atom is -0.374 e. The summed E-state index contributed by atoms with van der Waals surface area (Å²) >= 11 is 1.43. The van der Waals surface area contributed by atoms with Crippen LogP contribution in [0.15, 0.2) is 59.5 Å². The van der Waals surface area contributed by atoms with Gasteiger partial charge in [-0.1, -0.05) is 48.0 Å². The molecule has 4 heteroatoms. The van der Waals surface area contributed by atoms with E-state index in [4.69, 9.17) is 5.73 Å². The summed E-state index contributed by atoms with van der Waals surface area (Å²) in [6, 6.07) is 16.8. The summed E-state index contributed by atoms with van der Waals surface area (Å²) in [5, 5.41) is 10.4. The molecule has 0 aliphatic rings. The molecular weight excluding hydrogens is 282 g/mol. The van der Waals surface area contributed by atoms with Crippen LogP contribution in [0.5, 0.6) is 0 Å². The van der Waals surface area contributed by atoms with Crippen LogP contribution in [0.3, 0.4) is 0 Å². The Bertz CT molecular complexity index is 612. The Morgan fingerprint density at radius 2 is 1.71 bits per heavy atom. The molecule has 3 nitrogen and oxygen atoms in total. The van der Waals surface area contributed by atoms with E-state index < -0.39 is 16.8 Å². The number of amides is 1. The van der Waals surface area contributed by atoms with Crippen LogP contribution >= 0.6 is 11.8 Å². The van der Waals surface area contributed by atoms with Gasteiger partial charge in [0, 0.05) is 10.1 Å². The number of carbonyl (C=O) groups excluding carboxylic acids is 1. The summed E-state index contributed by atoms with van der Waals surface area (Å²) in [6.07, 6.45) is 0. The Morgan fingerprint density at radius 1 is 1.14 bits per heavy atom. The predicted octanol–water partition coefficient (Wildman–Crippen LogP) is 2.85. The molecule has 2 rings (SSSR count). The Kier molecular flexibility index (Phi) is 4.70. The van der Waals surface area contributed by atoms with Crippen molar-refractivity contribution in [3.63, 3.8) is 0 Å². The number of primary amides is 1. The number of carbonyl (C=O) groups is 1. The first-order valence-electron chi connectivity index (χ1n) is 6.75. The van der Waals surface area contributed by atoms with Gasteiger partial charge < -0.3 is 10.8 Å². The third-order valence-corrected chi connectivity index (χ3v) is 4.75. The molecule has 0 saturated carbocycles. The van der Waals surface area contributed by atoms with Crippen LogP contribution in [0.2, 0.25) is 0 Å². The summed E-state index contributed by atoms with van der Waals surface area (Å²) in [5.41, 5.74) is 5.47. The smallest absolute Gasteiger partial charge is 0.255 e. The zero-order valence-electron chi connectivity index (χ0n) is 12.1. The molecule has 0 saturated heterocycles. The van der Waals surface area contributed by atoms with E-state index in [1.54, 1.807) is 24.3 Å². The molecule has 0 aliphatic carbocycles. The quantitative estimate of drug-likeness (QED) is 0.835. The van der Waals surface area contributed by atoms with E-state index in [2.05, 4.69) is 0 Å². The lowest BCUT2D eigenvalue weighted by molar-refractivity contribution is -0.136. The number of thioether (sulfide) groups is 1. The predicted molar refractivity (Wildman–Crippen MR) is 86.0 cm³/mol. The van der Waals surface area contributed by atoms with Gasteiger partial charge >= 0.3 is 0 Å². The highest BCUT2D eigenvalue weighted by Crippen LogP contribution is 2.36. The highest BCUT2D eigenvalue weighted by atomic mass is 32.2. The third kappa shape index (κ3) is 3.28. The Morgan fingerprint density at radius 3 is 2.24 bits per heavy atom. The van der Waals surface area contributed by atoms with Gasteiger partial charge in [0.05, 0.1) is 0 Å². The maximum atomic E-state index is 11.9. The molecule has 2 aromatic carbocycles. The van der Waals surface area contributed by atoms with Crippen LogP contribution in [0.4, 0.5) is 0 Å². The second-order valence-electron chi connectivity index (χ2n) is 5.07. The lowest BCUT2D eigenvalue weighted by Crippen LogP contribution is -2.48. The van der Waals surface area contributed by atoms with Crippen molar-refractivity contribution in [3.8, 4) is 0 Å². The van der Waals surface area contributed by atoms with Gasteiger partial charge in [0.1, 0.15) is 0 Å². The standard InChI is InChI=1S/C17H19NO2S/c1-12-8-10-15(11-9-12)21-13(2)17(20,16(18)19)14-6-4-3-5-7-14/h3-11,13,20H,1-2H3,(H2,18,19)/t13-,17-/m1/s1. The number of hydrogen-bond acceptors (Lipinski definition) is 3. The Labute approximate surface area is 129 Å². The number of rotatable bonds is 5. The molecule has 0 fully saturated rings. The maximum Gasteiger partial charge on any atom is 0.255 e. The lowest BCUT2D eigenvalue weighted by Gasteiger charge is -2.31. The number of aliphatic hydroxyl groups is 1. The summed E-state index contributed by atoms with van der Waals surface area (Å²) < 4.78 is 0. The number of aryl methyl sites for hydroxylation is 1. The Hall–Kier alpha value is -1.78. The van der Waals surface area contributed by atoms with Gasteiger partial charge in [0.2, 0.25) is 0 Å². The SMILES string of the molecule is Cc1ccc(S[C@H](C)[C@](O)(C(N)=O)c2ccccc2)cc1. The highest BCUT2D eigenvalue weighted by Gasteiger charge is 2.42. The molecule has 0 aliphatic heterocycles. The molecule has 0 unspecified atom stereocenters. The van der Waals surface area contributed by atoms with E-state index in [1.807, 2.05) is 44.2 Å². The fraction of sp³-hybridized carbons (Fsp3) is 0.235. The van der Waals surface area contributed by atoms with E-state index in [9.17, 15) is 9.90 Å². The van der Waals surface area contributed by atoms with Crippen molar-refractivity contribution < 1.29 is 9.90 Å². The molecule has 2 atom stereocenters. The van der Waals surface area contributed by atoms with Crippen molar-refractivity contribution >= 4 is 17.7 Å². The fourth-order valence-corrected chi connectivity index (χ4v) is 3.30. The molecule has 21 heavy (non-hydrogen) atoms. The summed E-state index contributed by atoms with van der Waals surface area (Å²) in [5.74, 6) is -0.735. The molecule has 0 heterocycles. The normalized spacial score (nSPS) is 15.2. The Balaban J connectivity index is 2.30. The second kappa shape index (κ2) is 6.33. The second-order valence-corrected chi connectivity index (χ2v) is 6.48. The molecule has 2 aromatic rings. The van der Waals surface area contributed by atoms with Crippen LogP contribution in [0.25, 0.3) is 0 Å². The first-order valence-corrected chi connectivity index (χ1v) is 7.63. The van der Waals surface area contributed by atoms with E-state index in [0.29, 0.717) is 5.56 Å². The van der Waals surface area contributed by atoms with Crippen LogP contribution in [-0.4, -0.2) is 16.3 Å². The van der Waals surface area contributed by atoms with E-state index >= 15 is 0 Å². The van der Waals surface area contributed by atoms with Crippen molar-refractivity contribution in [2.24, 2.45) is 5.73 Å². The molecule has 0 bridgehead atoms. The van der Waals surface area contributed by atoms with Crippen LogP contribution in [0, 0.1) is 6.92 Å². The zero-order chi connectivity index (χ0) is 15.5. The molecule has 110 valence electrons. The molecule has 1 amide bonds. The van der Waals surface area contributed by atoms with Gasteiger partial charge in [-0.25, -0.2) is 0 Å². The molecular formula is C17H19NO2S. The maximum absolute atomic E-state index is 11.9. The van der Waals surface area contributed by atoms with Crippen LogP contribution in [0.1, 0.15) is 18.1 Å². The van der Waals surface area contributed by atoms with Crippen molar-refractivity contribution in [1.82, 2.24) is 0 Å². The van der Waals surface area contributed by atoms with E-state index in [-0.39, 0.29) is 0 Å². The minimum absolute atomic E-state index is 0.403. The highest BCUT2D eigenvalue weighted by molar-refractivity contribution is 8.00. The molecule has 3 N–H and O–H groups in total. The van der Waals surface area contributed by atoms with Gasteiger partial charge in [-0.05, 0) is 31.5 Å². The first kappa shape index (κ1) is 15.6. The number of nitrogens with two attached hydrogens (primary N) is 1. The van der Waals surface area contributed by atoms with Crippen LogP contribution in [-0.2, 0) is 10.4 Å². The van der Waals surface area contributed by atoms with Crippen LogP contribution < -0.4 is 5.73 Å². The average Bonchev–Trinajstić information content (AvgIpc) is 2.49. The van der Waals surface area contributed by atoms with Crippen molar-refractivity contribution in [1.29, 1.82) is 0 Å². The summed E-state index contributed by atoms with van der Waals surface area (Å²) in [4.78, 5) is 12.9. The topological polar surface area (TPSA) is 63.3 Å². The van der Waals surface area contributed by atoms with Crippen molar-refractivity contribution in [2.45, 2.75) is 29.6 Å². The van der Waals surface area contributed by atoms with Gasteiger partial charge in [-0.2, -0.15) is 0 Å². The molecule has 0 aromatic heterocycles. The molecule has 0 spiro atoms. The van der Waals surface area contributed by atoms with Crippen molar-refractivity contribution in [3.05, 3.63) is 65.7 Å². The average molecular weight is 301 g/mol. The zero-order valence-corrected chi connectivity index (χ0v) is 12.9. The van der Waals surface area contributed by atoms with Gasteiger partial charge in [0.15, 0.2) is 5.60 Å². The van der Waals surface area contributed by atoms with Crippen molar-refractivity contribution in [2.75, 3.05) is 0 Å².